The van der Waals surface area contributed by atoms with Crippen molar-refractivity contribution in [2.24, 2.45) is 0 Å². The number of hydrogen-bond acceptors (Lipinski definition) is 7. The van der Waals surface area contributed by atoms with Gasteiger partial charge in [0.2, 0.25) is 0 Å². The van der Waals surface area contributed by atoms with E-state index in [1.165, 1.54) is 17.2 Å². The van der Waals surface area contributed by atoms with Gasteiger partial charge in [0, 0.05) is 57.8 Å². The number of nitrogens with one attached hydrogen (secondary N) is 1. The minimum atomic E-state index is -1.74. The Bertz CT molecular complexity index is 1040. The molecule has 0 saturated carbocycles. The van der Waals surface area contributed by atoms with Crippen molar-refractivity contribution in [3.05, 3.63) is 58.6 Å². The highest BCUT2D eigenvalue weighted by atomic mass is 19.1. The predicted octanol–water partition coefficient (Wildman–Crippen LogP) is 0.949. The van der Waals surface area contributed by atoms with Crippen LogP contribution < -0.4 is 5.32 Å². The first-order chi connectivity index (χ1) is 16.3. The zero-order valence-corrected chi connectivity index (χ0v) is 18.7. The molecule has 3 N–H and O–H groups in total. The van der Waals surface area contributed by atoms with Crippen LogP contribution in [-0.2, 0) is 25.6 Å². The van der Waals surface area contributed by atoms with Crippen molar-refractivity contribution < 1.29 is 38.1 Å². The van der Waals surface area contributed by atoms with Gasteiger partial charge >= 0.3 is 0 Å². The second-order valence-corrected chi connectivity index (χ2v) is 8.61. The van der Waals surface area contributed by atoms with E-state index in [0.717, 1.165) is 6.07 Å². The van der Waals surface area contributed by atoms with E-state index in [1.54, 1.807) is 12.0 Å². The molecule has 1 spiro atoms. The minimum absolute atomic E-state index is 0.0571. The predicted molar refractivity (Wildman–Crippen MR) is 115 cm³/mol. The van der Waals surface area contributed by atoms with Crippen molar-refractivity contribution in [3.8, 4) is 0 Å². The number of aliphatic hydroxyl groups is 2. The van der Waals surface area contributed by atoms with Gasteiger partial charge in [-0.2, -0.15) is 0 Å². The maximum atomic E-state index is 13.9. The number of halogens is 2. The Kier molecular flexibility index (Phi) is 6.87. The summed E-state index contributed by atoms with van der Waals surface area (Å²) in [5.74, 6) is -3.41. The van der Waals surface area contributed by atoms with Crippen molar-refractivity contribution in [1.82, 2.24) is 15.1 Å². The lowest BCUT2D eigenvalue weighted by Crippen LogP contribution is -2.63. The fraction of sp³-hybridized carbons (Fsp3) is 0.478. The lowest BCUT2D eigenvalue weighted by molar-refractivity contribution is -0.137. The van der Waals surface area contributed by atoms with Crippen LogP contribution >= 0.6 is 0 Å². The molecular formula is C23H27F2N3O6. The van der Waals surface area contributed by atoms with Gasteiger partial charge in [0.15, 0.2) is 5.76 Å². The monoisotopic (exact) mass is 479 g/mol. The molecule has 4 rings (SSSR count). The van der Waals surface area contributed by atoms with Gasteiger partial charge in [-0.15, -0.1) is 0 Å². The summed E-state index contributed by atoms with van der Waals surface area (Å²) >= 11 is 0. The van der Waals surface area contributed by atoms with Crippen LogP contribution in [-0.4, -0.2) is 83.5 Å². The molecule has 0 radical (unpaired) electrons. The number of rotatable bonds is 7. The number of amides is 2. The molecule has 0 aromatic heterocycles. The van der Waals surface area contributed by atoms with Crippen molar-refractivity contribution in [3.63, 3.8) is 0 Å². The number of ether oxygens (including phenoxy) is 2. The summed E-state index contributed by atoms with van der Waals surface area (Å²) in [6.07, 6.45) is 0.751. The minimum Gasteiger partial charge on any atom is -0.507 e. The Labute approximate surface area is 195 Å². The second-order valence-electron chi connectivity index (χ2n) is 8.61. The Morgan fingerprint density at radius 3 is 2.85 bits per heavy atom. The largest absolute Gasteiger partial charge is 0.507 e. The molecule has 1 aromatic rings. The van der Waals surface area contributed by atoms with Crippen molar-refractivity contribution in [1.29, 1.82) is 0 Å². The molecule has 1 aromatic carbocycles. The van der Waals surface area contributed by atoms with E-state index in [2.05, 4.69) is 5.32 Å². The summed E-state index contributed by atoms with van der Waals surface area (Å²) in [4.78, 5) is 29.2. The van der Waals surface area contributed by atoms with Gasteiger partial charge in [0.05, 0.1) is 17.7 Å². The van der Waals surface area contributed by atoms with E-state index in [1.807, 2.05) is 0 Å². The van der Waals surface area contributed by atoms with E-state index in [-0.39, 0.29) is 30.0 Å². The highest BCUT2D eigenvalue weighted by Gasteiger charge is 2.52. The summed E-state index contributed by atoms with van der Waals surface area (Å²) < 4.78 is 37.7. The van der Waals surface area contributed by atoms with Crippen LogP contribution in [0.1, 0.15) is 18.4 Å². The lowest BCUT2D eigenvalue weighted by Gasteiger charge is -2.50. The first-order valence-electron chi connectivity index (χ1n) is 11.0. The maximum Gasteiger partial charge on any atom is 0.274 e. The van der Waals surface area contributed by atoms with Gasteiger partial charge in [-0.05, 0) is 18.9 Å². The standard InChI is InChI=1S/C23H27F2N3O6/c1-33-7-2-6-27-12-23(5-8-34-13-23)28-11-16(19(29)20(30)18(28)22(27)32)21(31)26-10-14-3-4-15(24)9-17(14)25/h3-4,9,11,19,29-30H,2,5-8,10,12-13H2,1H3,(H,26,31). The number of methoxy groups -OCH3 is 1. The zero-order valence-electron chi connectivity index (χ0n) is 18.7. The van der Waals surface area contributed by atoms with Gasteiger partial charge in [-0.3, -0.25) is 9.59 Å². The van der Waals surface area contributed by atoms with Crippen LogP contribution in [0.15, 0.2) is 41.4 Å². The van der Waals surface area contributed by atoms with Crippen LogP contribution in [0.3, 0.4) is 0 Å². The normalized spacial score (nSPS) is 24.5. The highest BCUT2D eigenvalue weighted by Crippen LogP contribution is 2.40. The van der Waals surface area contributed by atoms with Crippen molar-refractivity contribution in [2.45, 2.75) is 31.0 Å². The van der Waals surface area contributed by atoms with Gasteiger partial charge < -0.3 is 34.8 Å². The molecule has 3 aliphatic rings. The Morgan fingerprint density at radius 1 is 1.38 bits per heavy atom. The maximum absolute atomic E-state index is 13.9. The molecule has 0 aliphatic carbocycles. The Morgan fingerprint density at radius 2 is 2.18 bits per heavy atom. The zero-order chi connectivity index (χ0) is 24.5. The third kappa shape index (κ3) is 4.38. The van der Waals surface area contributed by atoms with E-state index in [4.69, 9.17) is 9.47 Å². The molecule has 2 amide bonds. The molecule has 2 atom stereocenters. The van der Waals surface area contributed by atoms with Gasteiger partial charge in [-0.25, -0.2) is 8.78 Å². The quantitative estimate of drug-likeness (QED) is 0.500. The number of nitrogens with zero attached hydrogens (tertiary/aromatic N) is 2. The third-order valence-electron chi connectivity index (χ3n) is 6.37. The molecule has 9 nitrogen and oxygen atoms in total. The van der Waals surface area contributed by atoms with Gasteiger partial charge in [-0.1, -0.05) is 6.07 Å². The third-order valence-corrected chi connectivity index (χ3v) is 6.37. The highest BCUT2D eigenvalue weighted by molar-refractivity contribution is 5.99. The number of fused-ring (bicyclic) bond motifs is 2. The van der Waals surface area contributed by atoms with E-state index in [9.17, 15) is 28.6 Å². The number of carbonyl (C=O) groups excluding carboxylic acids is 2. The summed E-state index contributed by atoms with van der Waals surface area (Å²) in [6.45, 7) is 1.62. The number of benzene rings is 1. The molecule has 184 valence electrons. The van der Waals surface area contributed by atoms with Crippen LogP contribution in [0, 0.1) is 11.6 Å². The van der Waals surface area contributed by atoms with Crippen LogP contribution in [0.2, 0.25) is 0 Å². The first kappa shape index (κ1) is 24.1. The van der Waals surface area contributed by atoms with Crippen LogP contribution in [0.25, 0.3) is 0 Å². The average Bonchev–Trinajstić information content (AvgIpc) is 3.27. The summed E-state index contributed by atoms with van der Waals surface area (Å²) in [5, 5.41) is 24.0. The number of piperazine rings is 1. The van der Waals surface area contributed by atoms with Gasteiger partial charge in [0.25, 0.3) is 11.8 Å². The molecule has 3 heterocycles. The summed E-state index contributed by atoms with van der Waals surface area (Å²) in [7, 11) is 1.57. The molecule has 2 unspecified atom stereocenters. The number of carbonyl (C=O) groups is 2. The van der Waals surface area contributed by atoms with Crippen LogP contribution in [0.4, 0.5) is 8.78 Å². The molecule has 34 heavy (non-hydrogen) atoms. The molecule has 2 fully saturated rings. The topological polar surface area (TPSA) is 112 Å². The van der Waals surface area contributed by atoms with E-state index < -0.39 is 40.9 Å². The molecule has 0 bridgehead atoms. The number of hydrogen-bond donors (Lipinski definition) is 3. The smallest absolute Gasteiger partial charge is 0.274 e. The van der Waals surface area contributed by atoms with Crippen molar-refractivity contribution in [2.75, 3.05) is 40.0 Å². The lowest BCUT2D eigenvalue weighted by atomic mass is 9.88. The van der Waals surface area contributed by atoms with Gasteiger partial charge in [0.1, 0.15) is 23.4 Å². The Balaban J connectivity index is 1.59. The molecule has 2 saturated heterocycles. The van der Waals surface area contributed by atoms with Crippen LogP contribution in [0.5, 0.6) is 0 Å². The van der Waals surface area contributed by atoms with Crippen molar-refractivity contribution >= 4 is 11.8 Å². The molecule has 11 heteroatoms. The number of aliphatic hydroxyl groups excluding tert-OH is 2. The Hall–Kier alpha value is -3.02. The second kappa shape index (κ2) is 9.69. The van der Waals surface area contributed by atoms with E-state index >= 15 is 0 Å². The SMILES string of the molecule is COCCCN1CC2(CCOC2)N2C=C(C(=O)NCc3ccc(F)cc3F)C(O)C(O)=C2C1=O. The molecular weight excluding hydrogens is 452 g/mol. The molecule has 3 aliphatic heterocycles. The summed E-state index contributed by atoms with van der Waals surface area (Å²) in [5.41, 5.74) is -0.945. The van der Waals surface area contributed by atoms with E-state index in [0.29, 0.717) is 45.2 Å². The summed E-state index contributed by atoms with van der Waals surface area (Å²) in [6, 6.07) is 2.98. The fourth-order valence-electron chi connectivity index (χ4n) is 4.53. The first-order valence-corrected chi connectivity index (χ1v) is 11.0. The average molecular weight is 479 g/mol. The fourth-order valence-corrected chi connectivity index (χ4v) is 4.53.